The molecular formula is C12H16N2O2. The van der Waals surface area contributed by atoms with Crippen molar-refractivity contribution in [3.05, 3.63) is 29.8 Å². The van der Waals surface area contributed by atoms with Gasteiger partial charge in [-0.2, -0.15) is 0 Å². The zero-order valence-electron chi connectivity index (χ0n) is 9.56. The maximum absolute atomic E-state index is 11.6. The van der Waals surface area contributed by atoms with Crippen LogP contribution in [-0.2, 0) is 11.3 Å². The summed E-state index contributed by atoms with van der Waals surface area (Å²) in [5.41, 5.74) is 7.14. The van der Waals surface area contributed by atoms with Crippen LogP contribution in [0.4, 0.5) is 10.5 Å². The van der Waals surface area contributed by atoms with Gasteiger partial charge >= 0.3 is 6.09 Å². The number of hydrogen-bond donors (Lipinski definition) is 1. The third-order valence-electron chi connectivity index (χ3n) is 2.77. The van der Waals surface area contributed by atoms with Gasteiger partial charge in [-0.25, -0.2) is 4.79 Å². The molecule has 4 heteroatoms. The SMILES string of the molecule is CC1(C)COC(=O)N1c1ccc(CN)cc1. The van der Waals surface area contributed by atoms with Crippen LogP contribution in [0, 0.1) is 0 Å². The number of rotatable bonds is 2. The number of carbonyl (C=O) groups is 1. The predicted octanol–water partition coefficient (Wildman–Crippen LogP) is 1.88. The van der Waals surface area contributed by atoms with E-state index in [0.29, 0.717) is 13.2 Å². The molecule has 2 rings (SSSR count). The minimum absolute atomic E-state index is 0.287. The lowest BCUT2D eigenvalue weighted by Crippen LogP contribution is -2.42. The van der Waals surface area contributed by atoms with E-state index in [0.717, 1.165) is 11.3 Å². The average molecular weight is 220 g/mol. The molecule has 0 radical (unpaired) electrons. The zero-order valence-corrected chi connectivity index (χ0v) is 9.56. The van der Waals surface area contributed by atoms with Gasteiger partial charge < -0.3 is 10.5 Å². The highest BCUT2D eigenvalue weighted by atomic mass is 16.6. The molecule has 2 N–H and O–H groups in total. The second-order valence-electron chi connectivity index (χ2n) is 4.57. The highest BCUT2D eigenvalue weighted by molar-refractivity contribution is 5.91. The Morgan fingerprint density at radius 3 is 2.44 bits per heavy atom. The Morgan fingerprint density at radius 1 is 1.38 bits per heavy atom. The van der Waals surface area contributed by atoms with Crippen molar-refractivity contribution in [2.75, 3.05) is 11.5 Å². The molecule has 1 fully saturated rings. The van der Waals surface area contributed by atoms with E-state index in [-0.39, 0.29) is 11.6 Å². The fraction of sp³-hybridized carbons (Fsp3) is 0.417. The second kappa shape index (κ2) is 3.79. The number of nitrogens with two attached hydrogens (primary N) is 1. The van der Waals surface area contributed by atoms with Crippen molar-refractivity contribution in [2.24, 2.45) is 5.73 Å². The molecule has 16 heavy (non-hydrogen) atoms. The van der Waals surface area contributed by atoms with Gasteiger partial charge in [0, 0.05) is 12.2 Å². The first-order valence-corrected chi connectivity index (χ1v) is 5.30. The van der Waals surface area contributed by atoms with Crippen LogP contribution < -0.4 is 10.6 Å². The van der Waals surface area contributed by atoms with Gasteiger partial charge in [0.05, 0.1) is 5.54 Å². The molecule has 86 valence electrons. The second-order valence-corrected chi connectivity index (χ2v) is 4.57. The Kier molecular flexibility index (Phi) is 2.59. The number of amides is 1. The standard InChI is InChI=1S/C12H16N2O2/c1-12(2)8-16-11(15)14(12)10-5-3-9(7-13)4-6-10/h3-6H,7-8,13H2,1-2H3. The molecule has 1 aromatic rings. The summed E-state index contributed by atoms with van der Waals surface area (Å²) >= 11 is 0. The van der Waals surface area contributed by atoms with E-state index in [4.69, 9.17) is 10.5 Å². The third-order valence-corrected chi connectivity index (χ3v) is 2.77. The molecule has 1 amide bonds. The Labute approximate surface area is 95.0 Å². The molecular weight excluding hydrogens is 204 g/mol. The maximum Gasteiger partial charge on any atom is 0.414 e. The number of nitrogens with zero attached hydrogens (tertiary/aromatic N) is 1. The molecule has 0 saturated carbocycles. The maximum atomic E-state index is 11.6. The normalized spacial score (nSPS) is 18.7. The van der Waals surface area contributed by atoms with Crippen molar-refractivity contribution in [1.29, 1.82) is 0 Å². The Hall–Kier alpha value is -1.55. The molecule has 1 aliphatic heterocycles. The number of ether oxygens (including phenoxy) is 1. The quantitative estimate of drug-likeness (QED) is 0.828. The topological polar surface area (TPSA) is 55.6 Å². The molecule has 1 aliphatic rings. The van der Waals surface area contributed by atoms with E-state index >= 15 is 0 Å². The molecule has 0 unspecified atom stereocenters. The molecule has 4 nitrogen and oxygen atoms in total. The van der Waals surface area contributed by atoms with Crippen LogP contribution in [0.2, 0.25) is 0 Å². The minimum atomic E-state index is -0.290. The Balaban J connectivity index is 2.32. The Bertz CT molecular complexity index is 398. The van der Waals surface area contributed by atoms with E-state index in [1.54, 1.807) is 4.90 Å². The van der Waals surface area contributed by atoms with Crippen LogP contribution in [-0.4, -0.2) is 18.2 Å². The number of anilines is 1. The molecule has 0 bridgehead atoms. The molecule has 1 aromatic carbocycles. The largest absolute Gasteiger partial charge is 0.447 e. The van der Waals surface area contributed by atoms with Crippen LogP contribution >= 0.6 is 0 Å². The summed E-state index contributed by atoms with van der Waals surface area (Å²) in [4.78, 5) is 13.3. The van der Waals surface area contributed by atoms with Crippen LogP contribution in [0.25, 0.3) is 0 Å². The van der Waals surface area contributed by atoms with Crippen molar-refractivity contribution in [3.63, 3.8) is 0 Å². The van der Waals surface area contributed by atoms with Gasteiger partial charge in [-0.3, -0.25) is 4.90 Å². The van der Waals surface area contributed by atoms with E-state index in [1.807, 2.05) is 38.1 Å². The van der Waals surface area contributed by atoms with Gasteiger partial charge in [-0.1, -0.05) is 12.1 Å². The summed E-state index contributed by atoms with van der Waals surface area (Å²) in [6, 6.07) is 7.65. The van der Waals surface area contributed by atoms with E-state index in [2.05, 4.69) is 0 Å². The number of cyclic esters (lactones) is 1. The summed E-state index contributed by atoms with van der Waals surface area (Å²) in [6.07, 6.45) is -0.287. The van der Waals surface area contributed by atoms with Crippen molar-refractivity contribution in [3.8, 4) is 0 Å². The monoisotopic (exact) mass is 220 g/mol. The van der Waals surface area contributed by atoms with Gasteiger partial charge in [-0.15, -0.1) is 0 Å². The van der Waals surface area contributed by atoms with Crippen molar-refractivity contribution in [2.45, 2.75) is 25.9 Å². The van der Waals surface area contributed by atoms with Gasteiger partial charge in [0.1, 0.15) is 6.61 Å². The molecule has 1 saturated heterocycles. The first kappa shape index (κ1) is 11.0. The molecule has 0 atom stereocenters. The zero-order chi connectivity index (χ0) is 11.8. The summed E-state index contributed by atoms with van der Waals surface area (Å²) in [6.45, 7) is 4.89. The molecule has 0 aliphatic carbocycles. The van der Waals surface area contributed by atoms with Crippen molar-refractivity contribution in [1.82, 2.24) is 0 Å². The molecule has 0 aromatic heterocycles. The third kappa shape index (κ3) is 1.76. The molecule has 1 heterocycles. The van der Waals surface area contributed by atoms with Gasteiger partial charge in [-0.05, 0) is 31.5 Å². The fourth-order valence-electron chi connectivity index (χ4n) is 1.85. The van der Waals surface area contributed by atoms with Gasteiger partial charge in [0.25, 0.3) is 0 Å². The van der Waals surface area contributed by atoms with E-state index in [9.17, 15) is 4.79 Å². The van der Waals surface area contributed by atoms with Gasteiger partial charge in [0.15, 0.2) is 0 Å². The number of benzene rings is 1. The Morgan fingerprint density at radius 2 is 2.00 bits per heavy atom. The van der Waals surface area contributed by atoms with Crippen LogP contribution in [0.5, 0.6) is 0 Å². The summed E-state index contributed by atoms with van der Waals surface area (Å²) in [5.74, 6) is 0. The van der Waals surface area contributed by atoms with Crippen LogP contribution in [0.15, 0.2) is 24.3 Å². The molecule has 0 spiro atoms. The smallest absolute Gasteiger partial charge is 0.414 e. The summed E-state index contributed by atoms with van der Waals surface area (Å²) in [7, 11) is 0. The number of carbonyl (C=O) groups excluding carboxylic acids is 1. The lowest BCUT2D eigenvalue weighted by atomic mass is 10.0. The van der Waals surface area contributed by atoms with Crippen LogP contribution in [0.1, 0.15) is 19.4 Å². The summed E-state index contributed by atoms with van der Waals surface area (Å²) < 4.78 is 5.05. The average Bonchev–Trinajstić information content (AvgIpc) is 2.53. The van der Waals surface area contributed by atoms with Gasteiger partial charge in [0.2, 0.25) is 0 Å². The van der Waals surface area contributed by atoms with Crippen LogP contribution in [0.3, 0.4) is 0 Å². The lowest BCUT2D eigenvalue weighted by molar-refractivity contribution is 0.175. The first-order valence-electron chi connectivity index (χ1n) is 5.30. The fourth-order valence-corrected chi connectivity index (χ4v) is 1.85. The lowest BCUT2D eigenvalue weighted by Gasteiger charge is -2.27. The van der Waals surface area contributed by atoms with Crippen molar-refractivity contribution < 1.29 is 9.53 Å². The predicted molar refractivity (Wildman–Crippen MR) is 62.2 cm³/mol. The highest BCUT2D eigenvalue weighted by Crippen LogP contribution is 2.30. The number of hydrogen-bond acceptors (Lipinski definition) is 3. The van der Waals surface area contributed by atoms with E-state index < -0.39 is 0 Å². The first-order chi connectivity index (χ1) is 7.54. The van der Waals surface area contributed by atoms with Crippen molar-refractivity contribution >= 4 is 11.8 Å². The minimum Gasteiger partial charge on any atom is -0.447 e. The van der Waals surface area contributed by atoms with E-state index in [1.165, 1.54) is 0 Å². The summed E-state index contributed by atoms with van der Waals surface area (Å²) in [5, 5.41) is 0. The highest BCUT2D eigenvalue weighted by Gasteiger charge is 2.40.